The highest BCUT2D eigenvalue weighted by molar-refractivity contribution is 14.0. The van der Waals surface area contributed by atoms with Crippen LogP contribution in [0.2, 0.25) is 0 Å². The summed E-state index contributed by atoms with van der Waals surface area (Å²) in [5, 5.41) is 7.70. The predicted octanol–water partition coefficient (Wildman–Crippen LogP) is 3.46. The first-order valence-corrected chi connectivity index (χ1v) is 8.01. The SMILES string of the molecule is I.c1ccc(NC(=NCCn2cccn2)N2CCCCC2)cc1. The molecular weight excluding hydrogens is 401 g/mol. The number of rotatable bonds is 4. The number of benzene rings is 1. The van der Waals surface area contributed by atoms with Gasteiger partial charge in [-0.05, 0) is 37.5 Å². The van der Waals surface area contributed by atoms with Gasteiger partial charge < -0.3 is 10.2 Å². The summed E-state index contributed by atoms with van der Waals surface area (Å²) in [7, 11) is 0. The lowest BCUT2D eigenvalue weighted by molar-refractivity contribution is 0.340. The highest BCUT2D eigenvalue weighted by Crippen LogP contribution is 2.12. The second kappa shape index (κ2) is 9.54. The minimum absolute atomic E-state index is 0. The first kappa shape index (κ1) is 17.8. The summed E-state index contributed by atoms with van der Waals surface area (Å²) in [4.78, 5) is 7.15. The van der Waals surface area contributed by atoms with Crippen LogP contribution < -0.4 is 5.32 Å². The molecule has 1 aromatic heterocycles. The quantitative estimate of drug-likeness (QED) is 0.464. The molecule has 23 heavy (non-hydrogen) atoms. The van der Waals surface area contributed by atoms with E-state index in [4.69, 9.17) is 4.99 Å². The summed E-state index contributed by atoms with van der Waals surface area (Å²) in [6.45, 7) is 3.70. The number of aliphatic imine (C=N–C) groups is 1. The third-order valence-electron chi connectivity index (χ3n) is 3.84. The van der Waals surface area contributed by atoms with Gasteiger partial charge in [0.1, 0.15) is 0 Å². The lowest BCUT2D eigenvalue weighted by Crippen LogP contribution is -2.40. The molecule has 0 saturated carbocycles. The Labute approximate surface area is 154 Å². The van der Waals surface area contributed by atoms with Gasteiger partial charge in [-0.1, -0.05) is 18.2 Å². The van der Waals surface area contributed by atoms with Gasteiger partial charge in [0.05, 0.1) is 13.1 Å². The zero-order valence-corrected chi connectivity index (χ0v) is 15.6. The Morgan fingerprint density at radius 2 is 1.87 bits per heavy atom. The van der Waals surface area contributed by atoms with Crippen LogP contribution >= 0.6 is 24.0 Å². The van der Waals surface area contributed by atoms with Crippen LogP contribution in [-0.2, 0) is 6.54 Å². The maximum atomic E-state index is 4.79. The summed E-state index contributed by atoms with van der Waals surface area (Å²) >= 11 is 0. The Morgan fingerprint density at radius 1 is 1.09 bits per heavy atom. The summed E-state index contributed by atoms with van der Waals surface area (Å²) < 4.78 is 1.92. The van der Waals surface area contributed by atoms with Gasteiger partial charge in [-0.15, -0.1) is 24.0 Å². The van der Waals surface area contributed by atoms with E-state index >= 15 is 0 Å². The second-order valence-electron chi connectivity index (χ2n) is 5.51. The molecule has 0 aliphatic carbocycles. The van der Waals surface area contributed by atoms with Crippen molar-refractivity contribution in [1.29, 1.82) is 0 Å². The van der Waals surface area contributed by atoms with Crippen molar-refractivity contribution in [3.05, 3.63) is 48.8 Å². The predicted molar refractivity (Wildman–Crippen MR) is 105 cm³/mol. The number of para-hydroxylation sites is 1. The number of anilines is 1. The van der Waals surface area contributed by atoms with Gasteiger partial charge in [0.15, 0.2) is 5.96 Å². The van der Waals surface area contributed by atoms with E-state index in [9.17, 15) is 0 Å². The Morgan fingerprint density at radius 3 is 2.57 bits per heavy atom. The summed E-state index contributed by atoms with van der Waals surface area (Å²) in [6, 6.07) is 12.2. The molecule has 5 nitrogen and oxygen atoms in total. The molecule has 0 spiro atoms. The minimum atomic E-state index is 0. The molecule has 2 heterocycles. The monoisotopic (exact) mass is 425 g/mol. The Bertz CT molecular complexity index is 576. The molecule has 6 heteroatoms. The van der Waals surface area contributed by atoms with Gasteiger partial charge in [-0.2, -0.15) is 5.10 Å². The minimum Gasteiger partial charge on any atom is -0.343 e. The lowest BCUT2D eigenvalue weighted by atomic mass is 10.1. The van der Waals surface area contributed by atoms with Crippen molar-refractivity contribution in [3.63, 3.8) is 0 Å². The highest BCUT2D eigenvalue weighted by atomic mass is 127. The van der Waals surface area contributed by atoms with Crippen LogP contribution in [0.25, 0.3) is 0 Å². The van der Waals surface area contributed by atoms with E-state index in [0.29, 0.717) is 0 Å². The fourth-order valence-electron chi connectivity index (χ4n) is 2.67. The maximum absolute atomic E-state index is 4.79. The van der Waals surface area contributed by atoms with Crippen LogP contribution in [0.5, 0.6) is 0 Å². The van der Waals surface area contributed by atoms with E-state index in [1.807, 2.05) is 35.1 Å². The average molecular weight is 425 g/mol. The van der Waals surface area contributed by atoms with Crippen molar-refractivity contribution in [1.82, 2.24) is 14.7 Å². The smallest absolute Gasteiger partial charge is 0.198 e. The molecule has 2 aromatic rings. The number of hydrogen-bond acceptors (Lipinski definition) is 2. The molecule has 3 rings (SSSR count). The normalized spacial score (nSPS) is 15.1. The molecular formula is C17H24IN5. The molecule has 0 amide bonds. The van der Waals surface area contributed by atoms with Crippen LogP contribution in [0.1, 0.15) is 19.3 Å². The van der Waals surface area contributed by atoms with E-state index in [-0.39, 0.29) is 24.0 Å². The molecule has 0 bridgehead atoms. The van der Waals surface area contributed by atoms with Crippen molar-refractivity contribution in [2.75, 3.05) is 25.0 Å². The van der Waals surface area contributed by atoms with E-state index in [2.05, 4.69) is 27.4 Å². The average Bonchev–Trinajstić information content (AvgIpc) is 3.09. The fraction of sp³-hybridized carbons (Fsp3) is 0.412. The van der Waals surface area contributed by atoms with Gasteiger partial charge in [-0.25, -0.2) is 0 Å². The van der Waals surface area contributed by atoms with Gasteiger partial charge in [0, 0.05) is 31.2 Å². The Balaban J connectivity index is 0.00000192. The number of hydrogen-bond donors (Lipinski definition) is 1. The summed E-state index contributed by atoms with van der Waals surface area (Å²) in [5.74, 6) is 0.984. The van der Waals surface area contributed by atoms with E-state index in [1.165, 1.54) is 19.3 Å². The molecule has 1 saturated heterocycles. The number of guanidine groups is 1. The molecule has 0 radical (unpaired) electrons. The second-order valence-corrected chi connectivity index (χ2v) is 5.51. The van der Waals surface area contributed by atoms with E-state index in [0.717, 1.165) is 37.8 Å². The fourth-order valence-corrected chi connectivity index (χ4v) is 2.67. The Kier molecular flexibility index (Phi) is 7.38. The van der Waals surface area contributed by atoms with Gasteiger partial charge >= 0.3 is 0 Å². The van der Waals surface area contributed by atoms with Crippen LogP contribution in [0, 0.1) is 0 Å². The first-order valence-electron chi connectivity index (χ1n) is 8.01. The molecule has 1 N–H and O–H groups in total. The molecule has 1 aromatic carbocycles. The molecule has 1 fully saturated rings. The zero-order chi connectivity index (χ0) is 15.0. The number of piperidine rings is 1. The van der Waals surface area contributed by atoms with Gasteiger partial charge in [0.25, 0.3) is 0 Å². The topological polar surface area (TPSA) is 45.5 Å². The van der Waals surface area contributed by atoms with E-state index in [1.54, 1.807) is 6.20 Å². The van der Waals surface area contributed by atoms with E-state index < -0.39 is 0 Å². The third-order valence-corrected chi connectivity index (χ3v) is 3.84. The van der Waals surface area contributed by atoms with Gasteiger partial charge in [-0.3, -0.25) is 9.67 Å². The number of nitrogens with zero attached hydrogens (tertiary/aromatic N) is 4. The van der Waals surface area contributed by atoms with Crippen molar-refractivity contribution >= 4 is 35.6 Å². The molecule has 0 unspecified atom stereocenters. The number of nitrogens with one attached hydrogen (secondary N) is 1. The molecule has 124 valence electrons. The van der Waals surface area contributed by atoms with Crippen molar-refractivity contribution in [2.45, 2.75) is 25.8 Å². The summed E-state index contributed by atoms with van der Waals surface area (Å²) in [6.07, 6.45) is 7.59. The third kappa shape index (κ3) is 5.53. The van der Waals surface area contributed by atoms with Gasteiger partial charge in [0.2, 0.25) is 0 Å². The van der Waals surface area contributed by atoms with Crippen molar-refractivity contribution < 1.29 is 0 Å². The Hall–Kier alpha value is -1.57. The zero-order valence-electron chi connectivity index (χ0n) is 13.3. The maximum Gasteiger partial charge on any atom is 0.198 e. The summed E-state index contributed by atoms with van der Waals surface area (Å²) in [5.41, 5.74) is 1.09. The lowest BCUT2D eigenvalue weighted by Gasteiger charge is -2.30. The first-order chi connectivity index (χ1) is 10.9. The highest BCUT2D eigenvalue weighted by Gasteiger charge is 2.14. The van der Waals surface area contributed by atoms with Crippen molar-refractivity contribution in [2.24, 2.45) is 4.99 Å². The molecule has 0 atom stereocenters. The van der Waals surface area contributed by atoms with Crippen LogP contribution in [0.4, 0.5) is 5.69 Å². The number of likely N-dealkylation sites (tertiary alicyclic amines) is 1. The molecule has 1 aliphatic heterocycles. The van der Waals surface area contributed by atoms with Crippen molar-refractivity contribution in [3.8, 4) is 0 Å². The standard InChI is InChI=1S/C17H23N5.HI/c1-3-8-16(9-4-1)20-17(21-12-5-2-6-13-21)18-11-15-22-14-7-10-19-22;/h1,3-4,7-10,14H,2,5-6,11-13,15H2,(H,18,20);1H. The van der Waals surface area contributed by atoms with Crippen LogP contribution in [-0.4, -0.2) is 40.3 Å². The van der Waals surface area contributed by atoms with Crippen LogP contribution in [0.15, 0.2) is 53.8 Å². The largest absolute Gasteiger partial charge is 0.343 e. The number of aromatic nitrogens is 2. The van der Waals surface area contributed by atoms with Crippen LogP contribution in [0.3, 0.4) is 0 Å². The molecule has 1 aliphatic rings. The number of halogens is 1.